The molecular weight excluding hydrogens is 272 g/mol. The van der Waals surface area contributed by atoms with Gasteiger partial charge in [0.05, 0.1) is 12.2 Å². The summed E-state index contributed by atoms with van der Waals surface area (Å²) in [5.41, 5.74) is 3.38. The van der Waals surface area contributed by atoms with Crippen molar-refractivity contribution >= 4 is 0 Å². The number of aliphatic hydroxyl groups excluding tert-OH is 1. The van der Waals surface area contributed by atoms with E-state index in [1.54, 1.807) is 5.57 Å². The maximum Gasteiger partial charge on any atom is 0.0847 e. The molecule has 2 heteroatoms. The van der Waals surface area contributed by atoms with Gasteiger partial charge in [-0.1, -0.05) is 38.8 Å². The van der Waals surface area contributed by atoms with E-state index >= 15 is 0 Å². The fraction of sp³-hybridized carbons (Fsp3) is 0.800. The van der Waals surface area contributed by atoms with Gasteiger partial charge in [-0.3, -0.25) is 0 Å². The lowest BCUT2D eigenvalue weighted by atomic mass is 9.47. The lowest BCUT2D eigenvalue weighted by Gasteiger charge is -2.58. The highest BCUT2D eigenvalue weighted by molar-refractivity contribution is 5.35. The van der Waals surface area contributed by atoms with Crippen LogP contribution >= 0.6 is 0 Å². The highest BCUT2D eigenvalue weighted by Gasteiger charge is 2.55. The Morgan fingerprint density at radius 3 is 2.64 bits per heavy atom. The number of methoxy groups -OCH3 is 1. The van der Waals surface area contributed by atoms with Crippen LogP contribution in [-0.2, 0) is 4.74 Å². The van der Waals surface area contributed by atoms with Crippen LogP contribution in [0, 0.1) is 22.7 Å². The van der Waals surface area contributed by atoms with Crippen molar-refractivity contribution in [1.29, 1.82) is 0 Å². The first-order chi connectivity index (χ1) is 10.3. The first-order valence-electron chi connectivity index (χ1n) is 8.91. The molecule has 1 N–H and O–H groups in total. The van der Waals surface area contributed by atoms with Gasteiger partial charge in [-0.2, -0.15) is 0 Å². The highest BCUT2D eigenvalue weighted by Crippen LogP contribution is 2.62. The number of fused-ring (bicyclic) bond motifs is 2. The van der Waals surface area contributed by atoms with Crippen molar-refractivity contribution in [1.82, 2.24) is 0 Å². The van der Waals surface area contributed by atoms with Gasteiger partial charge in [-0.15, -0.1) is 6.58 Å². The van der Waals surface area contributed by atoms with E-state index in [1.807, 2.05) is 13.2 Å². The molecule has 1 saturated carbocycles. The molecule has 0 aromatic carbocycles. The highest BCUT2D eigenvalue weighted by atomic mass is 16.5. The van der Waals surface area contributed by atoms with Gasteiger partial charge < -0.3 is 9.84 Å². The van der Waals surface area contributed by atoms with E-state index in [4.69, 9.17) is 4.74 Å². The molecule has 0 aromatic rings. The number of allylic oxidation sites excluding steroid dienone is 1. The third kappa shape index (κ3) is 2.22. The van der Waals surface area contributed by atoms with Crippen LogP contribution in [-0.4, -0.2) is 24.4 Å². The van der Waals surface area contributed by atoms with Crippen LogP contribution in [0.3, 0.4) is 0 Å². The Morgan fingerprint density at radius 2 is 2.00 bits per heavy atom. The van der Waals surface area contributed by atoms with E-state index in [-0.39, 0.29) is 23.0 Å². The predicted molar refractivity (Wildman–Crippen MR) is 90.6 cm³/mol. The van der Waals surface area contributed by atoms with E-state index in [0.717, 1.165) is 19.3 Å². The molecule has 22 heavy (non-hydrogen) atoms. The fourth-order valence-electron chi connectivity index (χ4n) is 6.22. The molecule has 1 fully saturated rings. The quantitative estimate of drug-likeness (QED) is 0.762. The van der Waals surface area contributed by atoms with E-state index in [2.05, 4.69) is 27.4 Å². The Bertz CT molecular complexity index is 490. The number of hydrogen-bond donors (Lipinski definition) is 1. The Balaban J connectivity index is 2.08. The minimum Gasteiger partial charge on any atom is -0.392 e. The minimum absolute atomic E-state index is 0.124. The van der Waals surface area contributed by atoms with Gasteiger partial charge >= 0.3 is 0 Å². The monoisotopic (exact) mass is 304 g/mol. The Labute approximate surface area is 135 Å². The van der Waals surface area contributed by atoms with Crippen LogP contribution < -0.4 is 0 Å². The first kappa shape index (κ1) is 16.3. The standard InChI is InChI=1S/C20H32O2/c1-6-13-8-9-15-14(17(13)22-5)12-16(21)18-19(2,3)10-7-11-20(15,18)4/h6,13,16-18,21H,1,7-12H2,2-5H3/t13-,16+,17-,18+,20-/m0/s1. The molecule has 3 rings (SSSR count). The number of hydrogen-bond acceptors (Lipinski definition) is 2. The minimum atomic E-state index is -0.236. The summed E-state index contributed by atoms with van der Waals surface area (Å²) in [4.78, 5) is 0. The molecule has 0 aliphatic heterocycles. The third-order valence-corrected chi connectivity index (χ3v) is 6.95. The number of rotatable bonds is 2. The molecule has 0 heterocycles. The van der Waals surface area contributed by atoms with Crippen molar-refractivity contribution in [3.8, 4) is 0 Å². The van der Waals surface area contributed by atoms with Crippen LogP contribution in [0.15, 0.2) is 23.8 Å². The summed E-state index contributed by atoms with van der Waals surface area (Å²) in [5.74, 6) is 0.776. The fourth-order valence-corrected chi connectivity index (χ4v) is 6.22. The molecule has 3 aliphatic rings. The topological polar surface area (TPSA) is 29.5 Å². The van der Waals surface area contributed by atoms with Gasteiger partial charge in [0.15, 0.2) is 0 Å². The zero-order chi connectivity index (χ0) is 16.1. The third-order valence-electron chi connectivity index (χ3n) is 6.95. The molecule has 0 spiro atoms. The summed E-state index contributed by atoms with van der Waals surface area (Å²) >= 11 is 0. The molecule has 2 nitrogen and oxygen atoms in total. The summed E-state index contributed by atoms with van der Waals surface area (Å²) in [6.45, 7) is 11.1. The molecular formula is C20H32O2. The van der Waals surface area contributed by atoms with Crippen LogP contribution in [0.1, 0.15) is 59.3 Å². The van der Waals surface area contributed by atoms with Crippen LogP contribution in [0.5, 0.6) is 0 Å². The van der Waals surface area contributed by atoms with E-state index in [0.29, 0.717) is 11.8 Å². The molecule has 0 saturated heterocycles. The summed E-state index contributed by atoms with van der Waals surface area (Å²) in [5, 5.41) is 11.0. The molecule has 5 atom stereocenters. The maximum atomic E-state index is 11.0. The van der Waals surface area contributed by atoms with Crippen molar-refractivity contribution in [2.45, 2.75) is 71.5 Å². The predicted octanol–water partition coefficient (Wildman–Crippen LogP) is 4.49. The second-order valence-corrected chi connectivity index (χ2v) is 8.61. The lowest BCUT2D eigenvalue weighted by molar-refractivity contribution is -0.0827. The normalized spacial score (nSPS) is 44.2. The van der Waals surface area contributed by atoms with Crippen molar-refractivity contribution < 1.29 is 9.84 Å². The van der Waals surface area contributed by atoms with Crippen LogP contribution in [0.4, 0.5) is 0 Å². The Hall–Kier alpha value is -0.600. The lowest BCUT2D eigenvalue weighted by Crippen LogP contribution is -2.54. The molecule has 0 bridgehead atoms. The Kier molecular flexibility index (Phi) is 4.06. The van der Waals surface area contributed by atoms with E-state index in [9.17, 15) is 5.11 Å². The van der Waals surface area contributed by atoms with Gasteiger partial charge in [0, 0.05) is 13.0 Å². The molecule has 0 radical (unpaired) electrons. The zero-order valence-corrected chi connectivity index (χ0v) is 14.7. The van der Waals surface area contributed by atoms with Crippen LogP contribution in [0.2, 0.25) is 0 Å². The largest absolute Gasteiger partial charge is 0.392 e. The summed E-state index contributed by atoms with van der Waals surface area (Å²) in [7, 11) is 1.81. The van der Waals surface area contributed by atoms with Crippen molar-refractivity contribution in [2.24, 2.45) is 22.7 Å². The summed E-state index contributed by atoms with van der Waals surface area (Å²) in [6.07, 6.45) is 8.74. The average molecular weight is 304 g/mol. The van der Waals surface area contributed by atoms with Gasteiger partial charge in [-0.25, -0.2) is 0 Å². The Morgan fingerprint density at radius 1 is 1.27 bits per heavy atom. The molecule has 0 unspecified atom stereocenters. The number of aliphatic hydroxyl groups is 1. The second-order valence-electron chi connectivity index (χ2n) is 8.61. The second kappa shape index (κ2) is 5.49. The molecule has 124 valence electrons. The zero-order valence-electron chi connectivity index (χ0n) is 14.7. The molecule has 0 aromatic heterocycles. The van der Waals surface area contributed by atoms with Gasteiger partial charge in [-0.05, 0) is 54.4 Å². The first-order valence-corrected chi connectivity index (χ1v) is 8.91. The van der Waals surface area contributed by atoms with Gasteiger partial charge in [0.1, 0.15) is 0 Å². The van der Waals surface area contributed by atoms with Crippen molar-refractivity contribution in [3.63, 3.8) is 0 Å². The summed E-state index contributed by atoms with van der Waals surface area (Å²) < 4.78 is 5.85. The molecule has 0 amide bonds. The average Bonchev–Trinajstić information content (AvgIpc) is 2.44. The van der Waals surface area contributed by atoms with Crippen molar-refractivity contribution in [2.75, 3.05) is 7.11 Å². The van der Waals surface area contributed by atoms with E-state index < -0.39 is 0 Å². The maximum absolute atomic E-state index is 11.0. The number of ether oxygens (including phenoxy) is 1. The van der Waals surface area contributed by atoms with Gasteiger partial charge in [0.25, 0.3) is 0 Å². The van der Waals surface area contributed by atoms with Crippen LogP contribution in [0.25, 0.3) is 0 Å². The van der Waals surface area contributed by atoms with E-state index in [1.165, 1.54) is 24.8 Å². The smallest absolute Gasteiger partial charge is 0.0847 e. The molecule has 3 aliphatic carbocycles. The van der Waals surface area contributed by atoms with Gasteiger partial charge in [0.2, 0.25) is 0 Å². The SMILES string of the molecule is C=C[C@H]1CCC2=C(C[C@@H](O)[C@@H]3C(C)(C)CCC[C@@]23C)[C@H]1OC. The summed E-state index contributed by atoms with van der Waals surface area (Å²) in [6, 6.07) is 0. The van der Waals surface area contributed by atoms with Crippen molar-refractivity contribution in [3.05, 3.63) is 23.8 Å².